The fraction of sp³-hybridized carbons (Fsp3) is 0. The van der Waals surface area contributed by atoms with Gasteiger partial charge in [-0.1, -0.05) is 30.9 Å². The summed E-state index contributed by atoms with van der Waals surface area (Å²) < 4.78 is 0. The first-order valence-electron chi connectivity index (χ1n) is 3.20. The van der Waals surface area contributed by atoms with E-state index in [9.17, 15) is 4.79 Å². The van der Waals surface area contributed by atoms with Crippen molar-refractivity contribution in [2.75, 3.05) is 0 Å². The number of aromatic carboxylic acids is 1. The number of carboxylic acids is 1. The third kappa shape index (κ3) is 2.48. The van der Waals surface area contributed by atoms with Crippen molar-refractivity contribution < 1.29 is 9.90 Å². The molecule has 0 aliphatic carbocycles. The van der Waals surface area contributed by atoms with Gasteiger partial charge in [0.15, 0.2) is 0 Å². The Morgan fingerprint density at radius 3 is 2.42 bits per heavy atom. The summed E-state index contributed by atoms with van der Waals surface area (Å²) in [6.07, 6.45) is 1.53. The Kier molecular flexibility index (Phi) is 4.90. The van der Waals surface area contributed by atoms with Gasteiger partial charge in [-0.25, -0.2) is 4.79 Å². The first-order valence-corrected chi connectivity index (χ1v) is 3.20. The Labute approximate surface area is 93.2 Å². The topological polar surface area (TPSA) is 37.3 Å². The summed E-state index contributed by atoms with van der Waals surface area (Å²) in [7, 11) is 0. The SMILES string of the molecule is C=Cc1ccccc1C(=O)O.[NaH]. The molecule has 0 spiro atoms. The summed E-state index contributed by atoms with van der Waals surface area (Å²) in [5.74, 6) is -0.916. The van der Waals surface area contributed by atoms with Crippen molar-refractivity contribution in [3.05, 3.63) is 42.0 Å². The Morgan fingerprint density at radius 2 is 2.00 bits per heavy atom. The molecule has 1 aromatic rings. The van der Waals surface area contributed by atoms with Gasteiger partial charge in [0.25, 0.3) is 0 Å². The van der Waals surface area contributed by atoms with Crippen molar-refractivity contribution in [2.45, 2.75) is 0 Å². The van der Waals surface area contributed by atoms with Crippen LogP contribution in [0.4, 0.5) is 0 Å². The van der Waals surface area contributed by atoms with Crippen LogP contribution in [0.2, 0.25) is 0 Å². The van der Waals surface area contributed by atoms with Crippen LogP contribution in [-0.4, -0.2) is 40.6 Å². The van der Waals surface area contributed by atoms with E-state index in [0.29, 0.717) is 11.1 Å². The van der Waals surface area contributed by atoms with Crippen LogP contribution >= 0.6 is 0 Å². The minimum absolute atomic E-state index is 0. The number of carbonyl (C=O) groups is 1. The van der Waals surface area contributed by atoms with Crippen LogP contribution in [0.1, 0.15) is 15.9 Å². The van der Waals surface area contributed by atoms with Crippen LogP contribution in [0.3, 0.4) is 0 Å². The molecule has 0 saturated carbocycles. The molecule has 0 atom stereocenters. The van der Waals surface area contributed by atoms with E-state index in [0.717, 1.165) is 0 Å². The van der Waals surface area contributed by atoms with E-state index in [1.165, 1.54) is 6.08 Å². The van der Waals surface area contributed by atoms with Crippen LogP contribution < -0.4 is 0 Å². The van der Waals surface area contributed by atoms with Gasteiger partial charge < -0.3 is 5.11 Å². The van der Waals surface area contributed by atoms with Crippen molar-refractivity contribution in [2.24, 2.45) is 0 Å². The second-order valence-corrected chi connectivity index (χ2v) is 2.10. The van der Waals surface area contributed by atoms with Crippen molar-refractivity contribution in [3.8, 4) is 0 Å². The van der Waals surface area contributed by atoms with Crippen molar-refractivity contribution in [3.63, 3.8) is 0 Å². The summed E-state index contributed by atoms with van der Waals surface area (Å²) in [6.45, 7) is 3.51. The third-order valence-electron chi connectivity index (χ3n) is 1.41. The molecule has 2 nitrogen and oxygen atoms in total. The summed E-state index contributed by atoms with van der Waals surface area (Å²) in [5, 5.41) is 8.65. The van der Waals surface area contributed by atoms with Gasteiger partial charge in [-0.05, 0) is 11.6 Å². The van der Waals surface area contributed by atoms with E-state index in [1.54, 1.807) is 24.3 Å². The summed E-state index contributed by atoms with van der Waals surface area (Å²) in [5.41, 5.74) is 0.947. The van der Waals surface area contributed by atoms with E-state index >= 15 is 0 Å². The van der Waals surface area contributed by atoms with Gasteiger partial charge in [0.05, 0.1) is 5.56 Å². The van der Waals surface area contributed by atoms with Crippen LogP contribution in [0, 0.1) is 0 Å². The molecule has 0 heterocycles. The number of hydrogen-bond acceptors (Lipinski definition) is 1. The number of hydrogen-bond donors (Lipinski definition) is 1. The molecule has 3 heteroatoms. The maximum absolute atomic E-state index is 10.5. The second kappa shape index (κ2) is 5.14. The molecule has 0 aromatic heterocycles. The van der Waals surface area contributed by atoms with Gasteiger partial charge in [0.1, 0.15) is 0 Å². The predicted molar refractivity (Wildman–Crippen MR) is 50.6 cm³/mol. The fourth-order valence-electron chi connectivity index (χ4n) is 0.870. The Hall–Kier alpha value is -0.570. The normalized spacial score (nSPS) is 8.33. The van der Waals surface area contributed by atoms with Crippen molar-refractivity contribution >= 4 is 41.6 Å². The van der Waals surface area contributed by atoms with Gasteiger partial charge >= 0.3 is 35.5 Å². The van der Waals surface area contributed by atoms with Gasteiger partial charge in [-0.2, -0.15) is 0 Å². The fourth-order valence-corrected chi connectivity index (χ4v) is 0.870. The zero-order valence-corrected chi connectivity index (χ0v) is 5.95. The monoisotopic (exact) mass is 172 g/mol. The van der Waals surface area contributed by atoms with E-state index in [2.05, 4.69) is 6.58 Å². The van der Waals surface area contributed by atoms with Gasteiger partial charge in [-0.3, -0.25) is 0 Å². The van der Waals surface area contributed by atoms with Crippen LogP contribution in [0.25, 0.3) is 6.08 Å². The van der Waals surface area contributed by atoms with E-state index in [4.69, 9.17) is 5.11 Å². The summed E-state index contributed by atoms with van der Waals surface area (Å²) in [4.78, 5) is 10.5. The van der Waals surface area contributed by atoms with Crippen molar-refractivity contribution in [1.29, 1.82) is 0 Å². The molecule has 1 aromatic carbocycles. The molecule has 58 valence electrons. The molecule has 1 N–H and O–H groups in total. The number of carboxylic acid groups (broad SMARTS) is 1. The molecule has 12 heavy (non-hydrogen) atoms. The summed E-state index contributed by atoms with van der Waals surface area (Å²) >= 11 is 0. The van der Waals surface area contributed by atoms with Gasteiger partial charge in [0.2, 0.25) is 0 Å². The van der Waals surface area contributed by atoms with E-state index < -0.39 is 5.97 Å². The molecule has 0 amide bonds. The van der Waals surface area contributed by atoms with Crippen LogP contribution in [0.15, 0.2) is 30.8 Å². The second-order valence-electron chi connectivity index (χ2n) is 2.10. The first-order chi connectivity index (χ1) is 5.25. The van der Waals surface area contributed by atoms with Gasteiger partial charge in [-0.15, -0.1) is 0 Å². The van der Waals surface area contributed by atoms with Crippen LogP contribution in [-0.2, 0) is 0 Å². The molecular weight excluding hydrogens is 163 g/mol. The average molecular weight is 172 g/mol. The third-order valence-corrected chi connectivity index (χ3v) is 1.41. The van der Waals surface area contributed by atoms with Crippen LogP contribution in [0.5, 0.6) is 0 Å². The Bertz CT molecular complexity index is 294. The minimum atomic E-state index is -0.916. The molecule has 0 aliphatic heterocycles. The maximum atomic E-state index is 10.5. The summed E-state index contributed by atoms with van der Waals surface area (Å²) in [6, 6.07) is 6.75. The number of rotatable bonds is 2. The van der Waals surface area contributed by atoms with Crippen molar-refractivity contribution in [1.82, 2.24) is 0 Å². The molecular formula is C9H9NaO2. The van der Waals surface area contributed by atoms with Gasteiger partial charge in [0, 0.05) is 0 Å². The first kappa shape index (κ1) is 11.4. The number of benzene rings is 1. The molecule has 0 fully saturated rings. The molecule has 0 saturated heterocycles. The Balaban J connectivity index is 0.00000121. The molecule has 0 aliphatic rings. The zero-order valence-electron chi connectivity index (χ0n) is 5.95. The quantitative estimate of drug-likeness (QED) is 0.684. The molecule has 1 rings (SSSR count). The standard InChI is InChI=1S/C9H8O2.Na.H/c1-2-7-5-3-4-6-8(7)9(10)11;;/h2-6H,1H2,(H,10,11);;. The zero-order chi connectivity index (χ0) is 8.27. The molecule has 0 unspecified atom stereocenters. The van der Waals surface area contributed by atoms with E-state index in [1.807, 2.05) is 0 Å². The average Bonchev–Trinajstić information content (AvgIpc) is 2.04. The van der Waals surface area contributed by atoms with E-state index in [-0.39, 0.29) is 29.6 Å². The molecule has 0 bridgehead atoms. The Morgan fingerprint density at radius 1 is 1.42 bits per heavy atom. The molecule has 0 radical (unpaired) electrons. The predicted octanol–water partition coefficient (Wildman–Crippen LogP) is 1.38.